The van der Waals surface area contributed by atoms with E-state index in [0.29, 0.717) is 6.61 Å². The number of nitrogens with one attached hydrogen (secondary N) is 1. The maximum Gasteiger partial charge on any atom is 0.405 e. The fourth-order valence-corrected chi connectivity index (χ4v) is 4.39. The summed E-state index contributed by atoms with van der Waals surface area (Å²) in [5.74, 6) is -0.184. The van der Waals surface area contributed by atoms with E-state index in [9.17, 15) is 14.7 Å². The Morgan fingerprint density at radius 3 is 2.37 bits per heavy atom. The SMILES string of the molecule is CC(=O)N1c2ccccc2[C@H](NC(=O)O)[C@@H](C)[C@@H]1CO[Si](C)(C)C(C)(C)C. The summed E-state index contributed by atoms with van der Waals surface area (Å²) < 4.78 is 6.42. The highest BCUT2D eigenvalue weighted by Gasteiger charge is 2.44. The van der Waals surface area contributed by atoms with Crippen LogP contribution in [0.5, 0.6) is 0 Å². The highest BCUT2D eigenvalue weighted by molar-refractivity contribution is 6.74. The molecule has 6 nitrogen and oxygen atoms in total. The first kappa shape index (κ1) is 21.4. The van der Waals surface area contributed by atoms with Gasteiger partial charge in [-0.2, -0.15) is 0 Å². The number of fused-ring (bicyclic) bond motifs is 1. The van der Waals surface area contributed by atoms with Gasteiger partial charge < -0.3 is 19.7 Å². The molecular weight excluding hydrogens is 360 g/mol. The molecule has 2 N–H and O–H groups in total. The summed E-state index contributed by atoms with van der Waals surface area (Å²) in [5.41, 5.74) is 1.58. The van der Waals surface area contributed by atoms with Gasteiger partial charge in [0.1, 0.15) is 0 Å². The molecule has 2 rings (SSSR count). The van der Waals surface area contributed by atoms with Gasteiger partial charge in [-0.15, -0.1) is 0 Å². The van der Waals surface area contributed by atoms with Crippen molar-refractivity contribution in [2.75, 3.05) is 11.5 Å². The molecule has 1 aliphatic rings. The summed E-state index contributed by atoms with van der Waals surface area (Å²) in [6.07, 6.45) is -1.07. The van der Waals surface area contributed by atoms with E-state index < -0.39 is 14.4 Å². The van der Waals surface area contributed by atoms with Crippen molar-refractivity contribution >= 4 is 26.0 Å². The molecule has 0 spiro atoms. The third-order valence-electron chi connectivity index (χ3n) is 6.04. The Hall–Kier alpha value is -1.86. The zero-order chi connectivity index (χ0) is 20.6. The molecule has 0 aromatic heterocycles. The standard InChI is InChI=1S/C20H32N2O4Si/c1-13-17(12-26-27(6,7)20(3,4)5)22(14(2)23)16-11-9-8-10-15(16)18(13)21-19(24)25/h8-11,13,17-18,21H,12H2,1-7H3,(H,24,25)/t13-,17-,18+/m0/s1. The maximum atomic E-state index is 12.5. The Kier molecular flexibility index (Phi) is 6.06. The lowest BCUT2D eigenvalue weighted by atomic mass is 9.82. The molecule has 1 aliphatic heterocycles. The Labute approximate surface area is 163 Å². The number of benzene rings is 1. The summed E-state index contributed by atoms with van der Waals surface area (Å²) in [6.45, 7) is 14.8. The van der Waals surface area contributed by atoms with E-state index in [4.69, 9.17) is 4.43 Å². The van der Waals surface area contributed by atoms with E-state index in [1.165, 1.54) is 0 Å². The van der Waals surface area contributed by atoms with Crippen molar-refractivity contribution in [2.45, 2.75) is 64.8 Å². The summed E-state index contributed by atoms with van der Waals surface area (Å²) in [7, 11) is -2.00. The van der Waals surface area contributed by atoms with Crippen molar-refractivity contribution in [2.24, 2.45) is 5.92 Å². The fraction of sp³-hybridized carbons (Fsp3) is 0.600. The number of para-hydroxylation sites is 1. The Bertz CT molecular complexity index is 714. The molecule has 150 valence electrons. The number of hydrogen-bond donors (Lipinski definition) is 2. The first-order chi connectivity index (χ1) is 12.4. The molecule has 3 atom stereocenters. The Balaban J connectivity index is 2.43. The van der Waals surface area contributed by atoms with Crippen LogP contribution < -0.4 is 10.2 Å². The highest BCUT2D eigenvalue weighted by atomic mass is 28.4. The first-order valence-corrected chi connectivity index (χ1v) is 12.3. The van der Waals surface area contributed by atoms with Gasteiger partial charge in [0.05, 0.1) is 18.7 Å². The predicted octanol–water partition coefficient (Wildman–Crippen LogP) is 4.39. The molecule has 27 heavy (non-hydrogen) atoms. The molecule has 1 heterocycles. The monoisotopic (exact) mass is 392 g/mol. The molecule has 1 aromatic rings. The van der Waals surface area contributed by atoms with Crippen LogP contribution in [0.4, 0.5) is 10.5 Å². The second-order valence-corrected chi connectivity index (χ2v) is 13.7. The van der Waals surface area contributed by atoms with E-state index >= 15 is 0 Å². The van der Waals surface area contributed by atoms with Crippen molar-refractivity contribution in [1.82, 2.24) is 5.32 Å². The van der Waals surface area contributed by atoms with E-state index in [1.54, 1.807) is 11.8 Å². The third kappa shape index (κ3) is 4.35. The normalized spacial score (nSPS) is 22.9. The Morgan fingerprint density at radius 1 is 1.26 bits per heavy atom. The maximum absolute atomic E-state index is 12.5. The molecular formula is C20H32N2O4Si. The number of hydrogen-bond acceptors (Lipinski definition) is 3. The zero-order valence-corrected chi connectivity index (χ0v) is 18.4. The van der Waals surface area contributed by atoms with Crippen LogP contribution in [-0.4, -0.2) is 38.1 Å². The molecule has 1 aromatic carbocycles. The van der Waals surface area contributed by atoms with Crippen LogP contribution >= 0.6 is 0 Å². The lowest BCUT2D eigenvalue weighted by Gasteiger charge is -2.46. The quantitative estimate of drug-likeness (QED) is 0.745. The van der Waals surface area contributed by atoms with Crippen LogP contribution in [0.25, 0.3) is 0 Å². The van der Waals surface area contributed by atoms with Crippen LogP contribution in [0, 0.1) is 5.92 Å². The molecule has 0 unspecified atom stereocenters. The van der Waals surface area contributed by atoms with Crippen LogP contribution in [0.15, 0.2) is 24.3 Å². The topological polar surface area (TPSA) is 78.9 Å². The number of carbonyl (C=O) groups is 2. The van der Waals surface area contributed by atoms with Gasteiger partial charge in [-0.3, -0.25) is 4.79 Å². The molecule has 0 radical (unpaired) electrons. The van der Waals surface area contributed by atoms with Gasteiger partial charge in [-0.05, 0) is 29.8 Å². The highest BCUT2D eigenvalue weighted by Crippen LogP contribution is 2.42. The smallest absolute Gasteiger partial charge is 0.405 e. The van der Waals surface area contributed by atoms with Crippen molar-refractivity contribution in [3.05, 3.63) is 29.8 Å². The minimum absolute atomic E-state index is 0.0581. The van der Waals surface area contributed by atoms with E-state index in [-0.39, 0.29) is 28.9 Å². The average Bonchev–Trinajstić information content (AvgIpc) is 2.54. The van der Waals surface area contributed by atoms with Gasteiger partial charge in [0.15, 0.2) is 8.32 Å². The van der Waals surface area contributed by atoms with Gasteiger partial charge in [-0.1, -0.05) is 45.9 Å². The fourth-order valence-electron chi connectivity index (χ4n) is 3.37. The summed E-state index contributed by atoms with van der Waals surface area (Å²) in [6, 6.07) is 6.87. The van der Waals surface area contributed by atoms with Crippen LogP contribution in [0.2, 0.25) is 18.1 Å². The van der Waals surface area contributed by atoms with Crippen LogP contribution in [0.1, 0.15) is 46.2 Å². The van der Waals surface area contributed by atoms with E-state index in [1.807, 2.05) is 31.2 Å². The lowest BCUT2D eigenvalue weighted by molar-refractivity contribution is -0.117. The second-order valence-electron chi connectivity index (χ2n) is 8.87. The minimum atomic E-state index is -2.00. The summed E-state index contributed by atoms with van der Waals surface area (Å²) in [4.78, 5) is 25.7. The lowest BCUT2D eigenvalue weighted by Crippen LogP contribution is -2.55. The van der Waals surface area contributed by atoms with E-state index in [0.717, 1.165) is 11.3 Å². The van der Waals surface area contributed by atoms with Crippen LogP contribution in [-0.2, 0) is 9.22 Å². The number of nitrogens with zero attached hydrogens (tertiary/aromatic N) is 1. The van der Waals surface area contributed by atoms with E-state index in [2.05, 4.69) is 39.2 Å². The molecule has 0 aliphatic carbocycles. The first-order valence-electron chi connectivity index (χ1n) is 9.39. The molecule has 0 saturated heterocycles. The van der Waals surface area contributed by atoms with Crippen LogP contribution in [0.3, 0.4) is 0 Å². The number of anilines is 1. The molecule has 7 heteroatoms. The Morgan fingerprint density at radius 2 is 1.85 bits per heavy atom. The summed E-state index contributed by atoms with van der Waals surface area (Å²) in [5, 5.41) is 12.0. The van der Waals surface area contributed by atoms with Gasteiger partial charge in [0.25, 0.3) is 0 Å². The molecule has 0 bridgehead atoms. The predicted molar refractivity (Wildman–Crippen MR) is 110 cm³/mol. The molecule has 2 amide bonds. The van der Waals surface area contributed by atoms with Gasteiger partial charge in [0.2, 0.25) is 5.91 Å². The molecule has 0 fully saturated rings. The van der Waals surface area contributed by atoms with Crippen molar-refractivity contribution in [3.63, 3.8) is 0 Å². The van der Waals surface area contributed by atoms with Gasteiger partial charge >= 0.3 is 6.09 Å². The largest absolute Gasteiger partial charge is 0.465 e. The van der Waals surface area contributed by atoms with Gasteiger partial charge in [-0.25, -0.2) is 4.79 Å². The van der Waals surface area contributed by atoms with Crippen molar-refractivity contribution in [3.8, 4) is 0 Å². The summed E-state index contributed by atoms with van der Waals surface area (Å²) >= 11 is 0. The molecule has 0 saturated carbocycles. The minimum Gasteiger partial charge on any atom is -0.465 e. The second kappa shape index (κ2) is 7.64. The number of amides is 2. The van der Waals surface area contributed by atoms with Crippen molar-refractivity contribution < 1.29 is 19.1 Å². The van der Waals surface area contributed by atoms with Crippen molar-refractivity contribution in [1.29, 1.82) is 0 Å². The number of rotatable bonds is 4. The van der Waals surface area contributed by atoms with Gasteiger partial charge in [0, 0.05) is 18.5 Å². The average molecular weight is 393 g/mol. The number of carboxylic acid groups (broad SMARTS) is 1. The zero-order valence-electron chi connectivity index (χ0n) is 17.4. The number of carbonyl (C=O) groups excluding carboxylic acids is 1. The third-order valence-corrected chi connectivity index (χ3v) is 10.5.